The van der Waals surface area contributed by atoms with Crippen LogP contribution in [-0.4, -0.2) is 11.1 Å². The van der Waals surface area contributed by atoms with Gasteiger partial charge in [-0.1, -0.05) is 12.1 Å². The fourth-order valence-corrected chi connectivity index (χ4v) is 3.51. The van der Waals surface area contributed by atoms with E-state index in [4.69, 9.17) is 5.11 Å². The van der Waals surface area contributed by atoms with Gasteiger partial charge in [-0.25, -0.2) is 4.79 Å². The van der Waals surface area contributed by atoms with Crippen LogP contribution < -0.4 is 0 Å². The summed E-state index contributed by atoms with van der Waals surface area (Å²) in [5, 5.41) is 18.2. The summed E-state index contributed by atoms with van der Waals surface area (Å²) in [6.07, 6.45) is 1.72. The van der Waals surface area contributed by atoms with E-state index < -0.39 is 5.97 Å². The summed E-state index contributed by atoms with van der Waals surface area (Å²) >= 11 is 1.26. The molecular formula is C14H9NO2S. The highest BCUT2D eigenvalue weighted by molar-refractivity contribution is 7.17. The molecule has 0 atom stereocenters. The summed E-state index contributed by atoms with van der Waals surface area (Å²) in [6, 6.07) is 9.61. The summed E-state index contributed by atoms with van der Waals surface area (Å²) < 4.78 is 0. The lowest BCUT2D eigenvalue weighted by Crippen LogP contribution is -2.02. The molecule has 0 radical (unpaired) electrons. The molecule has 0 spiro atoms. The number of hydrogen-bond donors (Lipinski definition) is 1. The Labute approximate surface area is 108 Å². The van der Waals surface area contributed by atoms with Crippen LogP contribution in [0.3, 0.4) is 0 Å². The van der Waals surface area contributed by atoms with Crippen molar-refractivity contribution in [1.82, 2.24) is 0 Å². The third kappa shape index (κ3) is 1.52. The third-order valence-corrected chi connectivity index (χ3v) is 4.36. The molecule has 1 aromatic carbocycles. The molecule has 0 amide bonds. The lowest BCUT2D eigenvalue weighted by Gasteiger charge is -2.16. The maximum absolute atomic E-state index is 11.0. The van der Waals surface area contributed by atoms with Gasteiger partial charge in [-0.3, -0.25) is 0 Å². The zero-order chi connectivity index (χ0) is 12.7. The summed E-state index contributed by atoms with van der Waals surface area (Å²) in [5.74, 6) is -0.898. The van der Waals surface area contributed by atoms with Gasteiger partial charge < -0.3 is 5.11 Å². The molecule has 0 fully saturated rings. The first kappa shape index (κ1) is 11.0. The van der Waals surface area contributed by atoms with Crippen LogP contribution >= 0.6 is 11.3 Å². The Morgan fingerprint density at radius 2 is 2.11 bits per heavy atom. The van der Waals surface area contributed by atoms with E-state index in [1.54, 1.807) is 12.1 Å². The molecule has 3 nitrogen and oxygen atoms in total. The summed E-state index contributed by atoms with van der Waals surface area (Å²) in [6.45, 7) is 0. The number of nitriles is 1. The molecule has 0 aliphatic heterocycles. The van der Waals surface area contributed by atoms with E-state index in [0.29, 0.717) is 10.4 Å². The standard InChI is InChI=1S/C14H9NO2S/c15-7-10-3-1-2-8-4-5-9-6-11(14(16)17)18-13(9)12(8)10/h1-3,6H,4-5H2,(H,16,17). The highest BCUT2D eigenvalue weighted by atomic mass is 32.1. The monoisotopic (exact) mass is 255 g/mol. The molecule has 1 aliphatic carbocycles. The van der Waals surface area contributed by atoms with E-state index in [0.717, 1.165) is 34.4 Å². The van der Waals surface area contributed by atoms with Crippen molar-refractivity contribution >= 4 is 17.3 Å². The van der Waals surface area contributed by atoms with Crippen molar-refractivity contribution < 1.29 is 9.90 Å². The molecule has 1 N–H and O–H groups in total. The number of carbonyl (C=O) groups is 1. The molecule has 0 saturated carbocycles. The smallest absolute Gasteiger partial charge is 0.345 e. The van der Waals surface area contributed by atoms with Crippen molar-refractivity contribution in [1.29, 1.82) is 5.26 Å². The van der Waals surface area contributed by atoms with Crippen LogP contribution in [0.15, 0.2) is 24.3 Å². The van der Waals surface area contributed by atoms with Gasteiger partial charge in [0.15, 0.2) is 0 Å². The first-order chi connectivity index (χ1) is 8.70. The van der Waals surface area contributed by atoms with Crippen LogP contribution in [0.4, 0.5) is 0 Å². The summed E-state index contributed by atoms with van der Waals surface area (Å²) in [4.78, 5) is 12.3. The lowest BCUT2D eigenvalue weighted by atomic mass is 9.88. The Hall–Kier alpha value is -2.12. The number of nitrogens with zero attached hydrogens (tertiary/aromatic N) is 1. The number of fused-ring (bicyclic) bond motifs is 3. The Morgan fingerprint density at radius 1 is 1.33 bits per heavy atom. The number of thiophene rings is 1. The number of hydrogen-bond acceptors (Lipinski definition) is 3. The molecule has 2 aromatic rings. The number of benzene rings is 1. The van der Waals surface area contributed by atoms with Crippen LogP contribution in [0.1, 0.15) is 26.4 Å². The van der Waals surface area contributed by atoms with Crippen LogP contribution in [0.2, 0.25) is 0 Å². The van der Waals surface area contributed by atoms with Crippen LogP contribution in [0, 0.1) is 11.3 Å². The molecule has 3 rings (SSSR count). The van der Waals surface area contributed by atoms with Crippen molar-refractivity contribution in [3.63, 3.8) is 0 Å². The molecule has 1 aromatic heterocycles. The number of aryl methyl sites for hydroxylation is 2. The van der Waals surface area contributed by atoms with Gasteiger partial charge in [0.05, 0.1) is 11.6 Å². The molecule has 0 unspecified atom stereocenters. The first-order valence-corrected chi connectivity index (χ1v) is 6.40. The number of carboxylic acids is 1. The molecular weight excluding hydrogens is 246 g/mol. The van der Waals surface area contributed by atoms with Gasteiger partial charge in [-0.05, 0) is 36.1 Å². The van der Waals surface area contributed by atoms with Crippen molar-refractivity contribution in [2.75, 3.05) is 0 Å². The minimum Gasteiger partial charge on any atom is -0.477 e. The zero-order valence-corrected chi connectivity index (χ0v) is 10.3. The highest BCUT2D eigenvalue weighted by Crippen LogP contribution is 2.41. The molecule has 1 aliphatic rings. The van der Waals surface area contributed by atoms with E-state index in [1.165, 1.54) is 11.3 Å². The number of aromatic carboxylic acids is 1. The third-order valence-electron chi connectivity index (χ3n) is 3.18. The molecule has 18 heavy (non-hydrogen) atoms. The topological polar surface area (TPSA) is 61.1 Å². The average Bonchev–Trinajstić information content (AvgIpc) is 2.82. The molecule has 0 saturated heterocycles. The Morgan fingerprint density at radius 3 is 2.83 bits per heavy atom. The molecule has 88 valence electrons. The molecule has 0 bridgehead atoms. The second-order valence-electron chi connectivity index (χ2n) is 4.22. The quantitative estimate of drug-likeness (QED) is 0.851. The minimum atomic E-state index is -0.898. The number of rotatable bonds is 1. The SMILES string of the molecule is N#Cc1cccc2c1-c1sc(C(=O)O)cc1CC2. The van der Waals surface area contributed by atoms with E-state index in [-0.39, 0.29) is 0 Å². The van der Waals surface area contributed by atoms with Crippen molar-refractivity contribution in [3.05, 3.63) is 45.8 Å². The van der Waals surface area contributed by atoms with Crippen molar-refractivity contribution in [2.45, 2.75) is 12.8 Å². The van der Waals surface area contributed by atoms with E-state index in [1.807, 2.05) is 12.1 Å². The summed E-state index contributed by atoms with van der Waals surface area (Å²) in [7, 11) is 0. The minimum absolute atomic E-state index is 0.348. The largest absolute Gasteiger partial charge is 0.477 e. The van der Waals surface area contributed by atoms with Crippen LogP contribution in [0.5, 0.6) is 0 Å². The maximum atomic E-state index is 11.0. The number of carboxylic acid groups (broad SMARTS) is 1. The van der Waals surface area contributed by atoms with Crippen LogP contribution in [0.25, 0.3) is 10.4 Å². The predicted molar refractivity (Wildman–Crippen MR) is 68.8 cm³/mol. The van der Waals surface area contributed by atoms with Gasteiger partial charge in [0.25, 0.3) is 0 Å². The van der Waals surface area contributed by atoms with Crippen molar-refractivity contribution in [2.24, 2.45) is 0 Å². The predicted octanol–water partition coefficient (Wildman–Crippen LogP) is 3.08. The fourth-order valence-electron chi connectivity index (χ4n) is 2.37. The molecule has 1 heterocycles. The second-order valence-corrected chi connectivity index (χ2v) is 5.27. The van der Waals surface area contributed by atoms with E-state index in [2.05, 4.69) is 6.07 Å². The van der Waals surface area contributed by atoms with Gasteiger partial charge in [0, 0.05) is 10.4 Å². The van der Waals surface area contributed by atoms with Crippen molar-refractivity contribution in [3.8, 4) is 16.5 Å². The second kappa shape index (κ2) is 3.97. The zero-order valence-electron chi connectivity index (χ0n) is 9.43. The normalized spacial score (nSPS) is 12.4. The van der Waals surface area contributed by atoms with E-state index in [9.17, 15) is 10.1 Å². The Bertz CT molecular complexity index is 694. The van der Waals surface area contributed by atoms with Gasteiger partial charge in [0.1, 0.15) is 4.88 Å². The highest BCUT2D eigenvalue weighted by Gasteiger charge is 2.23. The lowest BCUT2D eigenvalue weighted by molar-refractivity contribution is 0.0702. The molecule has 4 heteroatoms. The van der Waals surface area contributed by atoms with Gasteiger partial charge in [-0.2, -0.15) is 5.26 Å². The van der Waals surface area contributed by atoms with Gasteiger partial charge in [0.2, 0.25) is 0 Å². The Balaban J connectivity index is 2.28. The average molecular weight is 255 g/mol. The maximum Gasteiger partial charge on any atom is 0.345 e. The fraction of sp³-hybridized carbons (Fsp3) is 0.143. The van der Waals surface area contributed by atoms with Crippen LogP contribution in [-0.2, 0) is 12.8 Å². The van der Waals surface area contributed by atoms with Gasteiger partial charge in [-0.15, -0.1) is 11.3 Å². The summed E-state index contributed by atoms with van der Waals surface area (Å²) in [5.41, 5.74) is 3.75. The Kier molecular flexibility index (Phi) is 2.42. The van der Waals surface area contributed by atoms with E-state index >= 15 is 0 Å². The van der Waals surface area contributed by atoms with Gasteiger partial charge >= 0.3 is 5.97 Å². The first-order valence-electron chi connectivity index (χ1n) is 5.59.